The van der Waals surface area contributed by atoms with Gasteiger partial charge in [-0.3, -0.25) is 14.2 Å². The molecule has 1 aromatic heterocycles. The summed E-state index contributed by atoms with van der Waals surface area (Å²) in [6.45, 7) is 0.716. The Morgan fingerprint density at radius 3 is 2.94 bits per heavy atom. The maximum absolute atomic E-state index is 13.3. The quantitative estimate of drug-likeness (QED) is 0.420. The number of nitrogens with zero attached hydrogens (tertiary/aromatic N) is 3. The van der Waals surface area contributed by atoms with Gasteiger partial charge in [-0.25, -0.2) is 4.98 Å². The molecule has 8 heteroatoms. The number of ether oxygens (including phenoxy) is 1. The van der Waals surface area contributed by atoms with Crippen LogP contribution in [0.5, 0.6) is 5.75 Å². The van der Waals surface area contributed by atoms with Gasteiger partial charge in [0.1, 0.15) is 5.75 Å². The first kappa shape index (κ1) is 21.2. The van der Waals surface area contributed by atoms with E-state index in [0.29, 0.717) is 28.0 Å². The molecule has 0 spiro atoms. The third-order valence-electron chi connectivity index (χ3n) is 5.71. The number of carbonyl (C=O) groups excluding carboxylic acids is 1. The van der Waals surface area contributed by atoms with Gasteiger partial charge in [-0.1, -0.05) is 36.0 Å². The molecule has 3 heterocycles. The average Bonchev–Trinajstić information content (AvgIpc) is 3.31. The Morgan fingerprint density at radius 1 is 1.19 bits per heavy atom. The molecule has 3 aromatic rings. The fourth-order valence-electron chi connectivity index (χ4n) is 4.16. The second-order valence-corrected chi connectivity index (χ2v) is 9.72. The molecule has 164 valence electrons. The van der Waals surface area contributed by atoms with Crippen LogP contribution in [-0.2, 0) is 17.6 Å². The minimum absolute atomic E-state index is 0.0310. The van der Waals surface area contributed by atoms with Crippen LogP contribution in [0.1, 0.15) is 17.7 Å². The van der Waals surface area contributed by atoms with Crippen molar-refractivity contribution in [1.82, 2.24) is 9.55 Å². The molecule has 5 rings (SSSR count). The Hall–Kier alpha value is -2.71. The zero-order valence-electron chi connectivity index (χ0n) is 17.7. The maximum Gasteiger partial charge on any atom is 0.272 e. The normalized spacial score (nSPS) is 14.7. The van der Waals surface area contributed by atoms with Crippen LogP contribution < -0.4 is 15.2 Å². The highest BCUT2D eigenvalue weighted by atomic mass is 32.2. The summed E-state index contributed by atoms with van der Waals surface area (Å²) in [4.78, 5) is 33.9. The summed E-state index contributed by atoms with van der Waals surface area (Å²) >= 11 is 2.87. The minimum Gasteiger partial charge on any atom is -0.497 e. The summed E-state index contributed by atoms with van der Waals surface area (Å²) < 4.78 is 6.96. The minimum atomic E-state index is -0.0796. The molecule has 0 fully saturated rings. The molecule has 0 saturated carbocycles. The topological polar surface area (TPSA) is 64.4 Å². The van der Waals surface area contributed by atoms with E-state index in [-0.39, 0.29) is 17.2 Å². The van der Waals surface area contributed by atoms with Crippen LogP contribution >= 0.6 is 23.5 Å². The molecular formula is C24H23N3O3S2. The molecule has 2 aliphatic rings. The number of benzene rings is 2. The number of aromatic nitrogens is 2. The van der Waals surface area contributed by atoms with Crippen molar-refractivity contribution in [3.8, 4) is 11.4 Å². The van der Waals surface area contributed by atoms with Gasteiger partial charge in [0.25, 0.3) is 5.56 Å². The van der Waals surface area contributed by atoms with Gasteiger partial charge < -0.3 is 9.64 Å². The predicted molar refractivity (Wildman–Crippen MR) is 129 cm³/mol. The highest BCUT2D eigenvalue weighted by Gasteiger charge is 2.25. The zero-order chi connectivity index (χ0) is 22.1. The average molecular weight is 466 g/mol. The molecule has 0 radical (unpaired) electrons. The molecule has 0 bridgehead atoms. The largest absolute Gasteiger partial charge is 0.497 e. The Labute approximate surface area is 195 Å². The van der Waals surface area contributed by atoms with Crippen LogP contribution in [-0.4, -0.2) is 40.6 Å². The Morgan fingerprint density at radius 2 is 2.06 bits per heavy atom. The third kappa shape index (κ3) is 3.93. The lowest BCUT2D eigenvalue weighted by atomic mass is 10.0. The third-order valence-corrected chi connectivity index (χ3v) is 7.74. The lowest BCUT2D eigenvalue weighted by molar-refractivity contribution is -0.116. The number of methoxy groups -OCH3 is 1. The van der Waals surface area contributed by atoms with Gasteiger partial charge in [-0.05, 0) is 36.6 Å². The Kier molecular flexibility index (Phi) is 5.97. The number of anilines is 1. The second kappa shape index (κ2) is 9.03. The van der Waals surface area contributed by atoms with E-state index >= 15 is 0 Å². The molecule has 0 unspecified atom stereocenters. The molecule has 0 aliphatic carbocycles. The van der Waals surface area contributed by atoms with E-state index in [1.807, 2.05) is 47.4 Å². The maximum atomic E-state index is 13.3. The summed E-state index contributed by atoms with van der Waals surface area (Å²) in [6, 6.07) is 15.5. The number of carbonyl (C=O) groups is 1. The van der Waals surface area contributed by atoms with Crippen LogP contribution in [0.25, 0.3) is 5.69 Å². The van der Waals surface area contributed by atoms with Crippen LogP contribution in [0.2, 0.25) is 0 Å². The number of fused-ring (bicyclic) bond motifs is 2. The first-order valence-corrected chi connectivity index (χ1v) is 12.6. The van der Waals surface area contributed by atoms with E-state index in [4.69, 9.17) is 9.72 Å². The van der Waals surface area contributed by atoms with Crippen molar-refractivity contribution in [2.24, 2.45) is 0 Å². The summed E-state index contributed by atoms with van der Waals surface area (Å²) in [5.74, 6) is 1.77. The van der Waals surface area contributed by atoms with Crippen molar-refractivity contribution in [1.29, 1.82) is 0 Å². The first-order valence-electron chi connectivity index (χ1n) is 10.6. The van der Waals surface area contributed by atoms with Crippen molar-refractivity contribution in [2.75, 3.05) is 30.1 Å². The van der Waals surface area contributed by atoms with E-state index in [1.54, 1.807) is 23.4 Å². The first-order chi connectivity index (χ1) is 15.7. The summed E-state index contributed by atoms with van der Waals surface area (Å²) in [6.07, 6.45) is 2.72. The van der Waals surface area contributed by atoms with E-state index < -0.39 is 0 Å². The van der Waals surface area contributed by atoms with Crippen molar-refractivity contribution in [2.45, 2.75) is 29.3 Å². The molecule has 6 nitrogen and oxygen atoms in total. The van der Waals surface area contributed by atoms with Gasteiger partial charge >= 0.3 is 0 Å². The molecule has 2 aromatic carbocycles. The molecule has 0 saturated heterocycles. The molecule has 0 N–H and O–H groups in total. The number of rotatable bonds is 5. The van der Waals surface area contributed by atoms with Gasteiger partial charge in [-0.15, -0.1) is 11.8 Å². The number of thioether (sulfide) groups is 2. The number of amides is 1. The summed E-state index contributed by atoms with van der Waals surface area (Å²) in [5, 5.41) is 0.545. The molecule has 1 amide bonds. The SMILES string of the molecule is COc1cccc(-n2c(SCC(=O)N3CCCc4ccccc43)nc3c(c2=O)SCC3)c1. The van der Waals surface area contributed by atoms with Gasteiger partial charge in [0.05, 0.1) is 29.1 Å². The summed E-state index contributed by atoms with van der Waals surface area (Å²) in [7, 11) is 1.60. The van der Waals surface area contributed by atoms with Gasteiger partial charge in [-0.2, -0.15) is 0 Å². The lowest BCUT2D eigenvalue weighted by Crippen LogP contribution is -2.36. The van der Waals surface area contributed by atoms with Crippen molar-refractivity contribution in [3.63, 3.8) is 0 Å². The van der Waals surface area contributed by atoms with Crippen LogP contribution in [0, 0.1) is 0 Å². The zero-order valence-corrected chi connectivity index (χ0v) is 19.4. The second-order valence-electron chi connectivity index (χ2n) is 7.68. The number of para-hydroxylation sites is 1. The summed E-state index contributed by atoms with van der Waals surface area (Å²) in [5.41, 5.74) is 3.64. The number of aryl methyl sites for hydroxylation is 2. The van der Waals surface area contributed by atoms with Gasteiger partial charge in [0.2, 0.25) is 5.91 Å². The fourth-order valence-corrected chi connectivity index (χ4v) is 6.09. The van der Waals surface area contributed by atoms with Gasteiger partial charge in [0.15, 0.2) is 5.16 Å². The molecular weight excluding hydrogens is 442 g/mol. The molecule has 32 heavy (non-hydrogen) atoms. The fraction of sp³-hybridized carbons (Fsp3) is 0.292. The highest BCUT2D eigenvalue weighted by Crippen LogP contribution is 2.32. The Balaban J connectivity index is 1.47. The monoisotopic (exact) mass is 465 g/mol. The van der Waals surface area contributed by atoms with E-state index in [1.165, 1.54) is 17.3 Å². The van der Waals surface area contributed by atoms with E-state index in [2.05, 4.69) is 6.07 Å². The standard InChI is InChI=1S/C24H23N3O3S2/c1-30-18-9-4-8-17(14-18)27-23(29)22-19(11-13-31-22)25-24(27)32-15-21(28)26-12-5-7-16-6-2-3-10-20(16)26/h2-4,6,8-10,14H,5,7,11-13,15H2,1H3. The van der Waals surface area contributed by atoms with Crippen molar-refractivity contribution >= 4 is 35.1 Å². The van der Waals surface area contributed by atoms with E-state index in [0.717, 1.165) is 36.4 Å². The van der Waals surface area contributed by atoms with Crippen LogP contribution in [0.4, 0.5) is 5.69 Å². The van der Waals surface area contributed by atoms with Crippen LogP contribution in [0.3, 0.4) is 0 Å². The highest BCUT2D eigenvalue weighted by molar-refractivity contribution is 8.00. The molecule has 2 aliphatic heterocycles. The van der Waals surface area contributed by atoms with Gasteiger partial charge in [0, 0.05) is 30.5 Å². The molecule has 0 atom stereocenters. The predicted octanol–water partition coefficient (Wildman–Crippen LogP) is 3.96. The lowest BCUT2D eigenvalue weighted by Gasteiger charge is -2.29. The number of hydrogen-bond acceptors (Lipinski definition) is 6. The smallest absolute Gasteiger partial charge is 0.272 e. The van der Waals surface area contributed by atoms with Crippen LogP contribution in [0.15, 0.2) is 63.4 Å². The van der Waals surface area contributed by atoms with Crippen molar-refractivity contribution < 1.29 is 9.53 Å². The Bertz CT molecular complexity index is 1240. The van der Waals surface area contributed by atoms with Crippen molar-refractivity contribution in [3.05, 3.63) is 70.1 Å². The number of hydrogen-bond donors (Lipinski definition) is 0. The van der Waals surface area contributed by atoms with E-state index in [9.17, 15) is 9.59 Å².